The fourth-order valence-corrected chi connectivity index (χ4v) is 5.37. The smallest absolute Gasteiger partial charge is 0.312 e. The Kier molecular flexibility index (Phi) is 6.72. The molecule has 3 atom stereocenters. The van der Waals surface area contributed by atoms with E-state index in [0.717, 1.165) is 44.7 Å². The van der Waals surface area contributed by atoms with Gasteiger partial charge in [-0.2, -0.15) is 0 Å². The monoisotopic (exact) mass is 446 g/mol. The zero-order valence-electron chi connectivity index (χ0n) is 19.1. The van der Waals surface area contributed by atoms with Gasteiger partial charge >= 0.3 is 5.97 Å². The van der Waals surface area contributed by atoms with Crippen LogP contribution in [0.4, 0.5) is 10.1 Å². The van der Waals surface area contributed by atoms with Crippen LogP contribution in [0.15, 0.2) is 24.3 Å². The fourth-order valence-electron chi connectivity index (χ4n) is 5.37. The quantitative estimate of drug-likeness (QED) is 0.697. The van der Waals surface area contributed by atoms with Crippen molar-refractivity contribution in [2.75, 3.05) is 44.2 Å². The summed E-state index contributed by atoms with van der Waals surface area (Å²) in [5.74, 6) is -0.350. The third-order valence-corrected chi connectivity index (χ3v) is 7.44. The molecule has 1 aromatic rings. The normalized spacial score (nSPS) is 26.9. The third-order valence-electron chi connectivity index (χ3n) is 7.44. The highest BCUT2D eigenvalue weighted by atomic mass is 19.1. The van der Waals surface area contributed by atoms with Crippen molar-refractivity contribution in [3.63, 3.8) is 0 Å². The van der Waals surface area contributed by atoms with Crippen molar-refractivity contribution in [2.24, 2.45) is 11.1 Å². The maximum absolute atomic E-state index is 13.2. The molecule has 0 radical (unpaired) electrons. The summed E-state index contributed by atoms with van der Waals surface area (Å²) in [5, 5.41) is 0. The second-order valence-electron chi connectivity index (χ2n) is 9.72. The number of carbonyl (C=O) groups excluding carboxylic acids is 2. The molecule has 0 saturated carbocycles. The number of hydrogen-bond acceptors (Lipinski definition) is 6. The largest absolute Gasteiger partial charge is 0.462 e. The predicted octanol–water partition coefficient (Wildman–Crippen LogP) is 2.00. The lowest BCUT2D eigenvalue weighted by Crippen LogP contribution is -2.52. The zero-order valence-corrected chi connectivity index (χ0v) is 19.1. The Morgan fingerprint density at radius 1 is 1.22 bits per heavy atom. The first-order chi connectivity index (χ1) is 15.3. The van der Waals surface area contributed by atoms with Crippen LogP contribution in [0.5, 0.6) is 0 Å². The number of hydrogen-bond donors (Lipinski definition) is 1. The lowest BCUT2D eigenvalue weighted by Gasteiger charge is -2.41. The summed E-state index contributed by atoms with van der Waals surface area (Å²) >= 11 is 0. The van der Waals surface area contributed by atoms with Gasteiger partial charge in [-0.25, -0.2) is 4.39 Å². The SMILES string of the molecule is C[C@@H](N)C(=O)N1CCC2(CC1)C[C@H](CCN1CCN(c3ccc(F)cc3)C[C@@H]1C)OC2=O. The molecule has 3 saturated heterocycles. The molecule has 3 heterocycles. The topological polar surface area (TPSA) is 79.1 Å². The average Bonchev–Trinajstić information content (AvgIpc) is 3.08. The van der Waals surface area contributed by atoms with Crippen molar-refractivity contribution >= 4 is 17.6 Å². The number of carbonyl (C=O) groups is 2. The van der Waals surface area contributed by atoms with Crippen LogP contribution in [-0.4, -0.2) is 79.1 Å². The number of benzene rings is 1. The van der Waals surface area contributed by atoms with Gasteiger partial charge in [0.1, 0.15) is 11.9 Å². The number of ether oxygens (including phenoxy) is 1. The van der Waals surface area contributed by atoms with Gasteiger partial charge in [0.2, 0.25) is 5.91 Å². The Morgan fingerprint density at radius 2 is 1.91 bits per heavy atom. The van der Waals surface area contributed by atoms with Gasteiger partial charge in [0.25, 0.3) is 0 Å². The summed E-state index contributed by atoms with van der Waals surface area (Å²) in [6.07, 6.45) is 2.84. The Bertz CT molecular complexity index is 823. The van der Waals surface area contributed by atoms with E-state index in [9.17, 15) is 14.0 Å². The van der Waals surface area contributed by atoms with Crippen LogP contribution >= 0.6 is 0 Å². The second-order valence-corrected chi connectivity index (χ2v) is 9.72. The van der Waals surface area contributed by atoms with E-state index in [1.807, 2.05) is 12.1 Å². The third kappa shape index (κ3) is 4.76. The molecule has 0 unspecified atom stereocenters. The highest BCUT2D eigenvalue weighted by molar-refractivity contribution is 5.83. The molecule has 0 aliphatic carbocycles. The first-order valence-corrected chi connectivity index (χ1v) is 11.8. The highest BCUT2D eigenvalue weighted by Gasteiger charge is 2.50. The van der Waals surface area contributed by atoms with Gasteiger partial charge in [0.15, 0.2) is 0 Å². The Hall–Kier alpha value is -2.19. The summed E-state index contributed by atoms with van der Waals surface area (Å²) in [6.45, 7) is 8.67. The van der Waals surface area contributed by atoms with Crippen LogP contribution in [-0.2, 0) is 14.3 Å². The Balaban J connectivity index is 1.25. The first-order valence-electron chi connectivity index (χ1n) is 11.8. The van der Waals surface area contributed by atoms with Crippen LogP contribution in [0, 0.1) is 11.2 Å². The molecule has 176 valence electrons. The number of esters is 1. The van der Waals surface area contributed by atoms with Gasteiger partial charge in [-0.1, -0.05) is 0 Å². The van der Waals surface area contributed by atoms with E-state index in [2.05, 4.69) is 16.7 Å². The van der Waals surface area contributed by atoms with E-state index in [1.165, 1.54) is 12.1 Å². The predicted molar refractivity (Wildman–Crippen MR) is 121 cm³/mol. The van der Waals surface area contributed by atoms with E-state index < -0.39 is 11.5 Å². The maximum atomic E-state index is 13.2. The van der Waals surface area contributed by atoms with Crippen molar-refractivity contribution in [3.8, 4) is 0 Å². The van der Waals surface area contributed by atoms with E-state index in [0.29, 0.717) is 32.0 Å². The van der Waals surface area contributed by atoms with Crippen molar-refractivity contribution in [1.82, 2.24) is 9.80 Å². The molecule has 32 heavy (non-hydrogen) atoms. The summed E-state index contributed by atoms with van der Waals surface area (Å²) in [6, 6.07) is 6.55. The summed E-state index contributed by atoms with van der Waals surface area (Å²) in [5.41, 5.74) is 6.34. The van der Waals surface area contributed by atoms with Crippen LogP contribution in [0.25, 0.3) is 0 Å². The highest BCUT2D eigenvalue weighted by Crippen LogP contribution is 2.44. The molecule has 1 aromatic carbocycles. The molecule has 4 rings (SSSR count). The standard InChI is InChI=1S/C24H35FN4O3/c1-17-16-29(20-5-3-19(25)4-6-20)14-13-27(17)10-7-21-15-24(23(31)32-21)8-11-28(12-9-24)22(30)18(2)26/h3-6,17-18,21H,7-16,26H2,1-2H3/t17-,18+,21-/m0/s1. The van der Waals surface area contributed by atoms with Crippen LogP contribution < -0.4 is 10.6 Å². The molecule has 7 nitrogen and oxygen atoms in total. The van der Waals surface area contributed by atoms with Crippen LogP contribution in [0.2, 0.25) is 0 Å². The molecular formula is C24H35FN4O3. The summed E-state index contributed by atoms with van der Waals surface area (Å²) in [7, 11) is 0. The van der Waals surface area contributed by atoms with Crippen LogP contribution in [0.1, 0.15) is 39.5 Å². The van der Waals surface area contributed by atoms with E-state index in [1.54, 1.807) is 11.8 Å². The number of rotatable bonds is 5. The van der Waals surface area contributed by atoms with Gasteiger partial charge in [-0.05, 0) is 57.4 Å². The second kappa shape index (κ2) is 9.35. The Morgan fingerprint density at radius 3 is 2.53 bits per heavy atom. The Labute approximate surface area is 189 Å². The average molecular weight is 447 g/mol. The molecule has 1 amide bonds. The number of likely N-dealkylation sites (tertiary alicyclic amines) is 1. The first kappa shape index (κ1) is 23.0. The van der Waals surface area contributed by atoms with Gasteiger partial charge in [-0.15, -0.1) is 0 Å². The van der Waals surface area contributed by atoms with Gasteiger partial charge < -0.3 is 20.3 Å². The van der Waals surface area contributed by atoms with E-state index in [4.69, 9.17) is 10.5 Å². The number of amides is 1. The molecule has 3 aliphatic rings. The van der Waals surface area contributed by atoms with Gasteiger partial charge in [0, 0.05) is 57.4 Å². The summed E-state index contributed by atoms with van der Waals surface area (Å²) in [4.78, 5) is 31.4. The molecule has 3 fully saturated rings. The van der Waals surface area contributed by atoms with Gasteiger partial charge in [0.05, 0.1) is 11.5 Å². The minimum atomic E-state index is -0.502. The number of halogens is 1. The number of piperidine rings is 1. The number of nitrogens with zero attached hydrogens (tertiary/aromatic N) is 3. The molecular weight excluding hydrogens is 411 g/mol. The van der Waals surface area contributed by atoms with E-state index >= 15 is 0 Å². The lowest BCUT2D eigenvalue weighted by atomic mass is 9.75. The number of nitrogens with two attached hydrogens (primary N) is 1. The number of anilines is 1. The summed E-state index contributed by atoms with van der Waals surface area (Å²) < 4.78 is 19.0. The number of cyclic esters (lactones) is 1. The van der Waals surface area contributed by atoms with Crippen molar-refractivity contribution < 1.29 is 18.7 Å². The van der Waals surface area contributed by atoms with Crippen LogP contribution in [0.3, 0.4) is 0 Å². The molecule has 1 spiro atoms. The van der Waals surface area contributed by atoms with E-state index in [-0.39, 0.29) is 23.8 Å². The number of piperazine rings is 1. The van der Waals surface area contributed by atoms with Gasteiger partial charge in [-0.3, -0.25) is 14.5 Å². The zero-order chi connectivity index (χ0) is 22.9. The maximum Gasteiger partial charge on any atom is 0.312 e. The molecule has 3 aliphatic heterocycles. The molecule has 0 bridgehead atoms. The van der Waals surface area contributed by atoms with Crippen molar-refractivity contribution in [2.45, 2.75) is 57.7 Å². The fraction of sp³-hybridized carbons (Fsp3) is 0.667. The minimum Gasteiger partial charge on any atom is -0.462 e. The van der Waals surface area contributed by atoms with Crippen molar-refractivity contribution in [1.29, 1.82) is 0 Å². The minimum absolute atomic E-state index is 0.0449. The molecule has 2 N–H and O–H groups in total. The van der Waals surface area contributed by atoms with Crippen molar-refractivity contribution in [3.05, 3.63) is 30.1 Å². The molecule has 8 heteroatoms. The molecule has 0 aromatic heterocycles. The lowest BCUT2D eigenvalue weighted by molar-refractivity contribution is -0.152.